The summed E-state index contributed by atoms with van der Waals surface area (Å²) in [7, 11) is 3.10. The van der Waals surface area contributed by atoms with E-state index in [0.717, 1.165) is 0 Å². The third-order valence-corrected chi connectivity index (χ3v) is 8.09. The molecule has 0 spiro atoms. The van der Waals surface area contributed by atoms with E-state index in [1.165, 1.54) is 13.2 Å². The molecule has 1 fully saturated rings. The second kappa shape index (κ2) is 9.32. The minimum atomic E-state index is -1.36. The summed E-state index contributed by atoms with van der Waals surface area (Å²) in [5, 5.41) is 47.6. The van der Waals surface area contributed by atoms with E-state index >= 15 is 0 Å². The third kappa shape index (κ3) is 3.90. The molecule has 204 valence electrons. The molecule has 1 aliphatic heterocycles. The fourth-order valence-electron chi connectivity index (χ4n) is 6.16. The average molecular weight is 528 g/mol. The van der Waals surface area contributed by atoms with Gasteiger partial charge in [0.2, 0.25) is 5.78 Å². The van der Waals surface area contributed by atoms with Crippen molar-refractivity contribution in [3.05, 3.63) is 51.6 Å². The van der Waals surface area contributed by atoms with Crippen LogP contribution in [0.25, 0.3) is 0 Å². The van der Waals surface area contributed by atoms with E-state index in [1.807, 2.05) is 6.92 Å². The molecule has 1 heterocycles. The molecule has 0 radical (unpaired) electrons. The van der Waals surface area contributed by atoms with E-state index in [1.54, 1.807) is 33.0 Å². The number of phenols is 2. The van der Waals surface area contributed by atoms with E-state index < -0.39 is 53.3 Å². The quantitative estimate of drug-likeness (QED) is 0.318. The van der Waals surface area contributed by atoms with Gasteiger partial charge in [-0.1, -0.05) is 19.1 Å². The highest BCUT2D eigenvalue weighted by molar-refractivity contribution is 6.31. The van der Waals surface area contributed by atoms with Crippen LogP contribution in [0.1, 0.15) is 76.3 Å². The molecular weight excluding hydrogens is 494 g/mol. The Bertz CT molecular complexity index is 1320. The Balaban J connectivity index is 1.65. The molecular formula is C28H33NO9. The number of ketones is 2. The maximum absolute atomic E-state index is 13.7. The Morgan fingerprint density at radius 3 is 2.42 bits per heavy atom. The molecule has 2 aliphatic carbocycles. The number of aliphatic hydroxyl groups excluding tert-OH is 1. The second-order valence-electron chi connectivity index (χ2n) is 10.8. The zero-order valence-electron chi connectivity index (χ0n) is 21.9. The van der Waals surface area contributed by atoms with Crippen LogP contribution in [0.4, 0.5) is 0 Å². The number of ether oxygens (including phenoxy) is 3. The van der Waals surface area contributed by atoms with Crippen LogP contribution < -0.4 is 10.1 Å². The van der Waals surface area contributed by atoms with Crippen molar-refractivity contribution < 1.29 is 44.2 Å². The highest BCUT2D eigenvalue weighted by Gasteiger charge is 2.48. The number of methoxy groups -OCH3 is 1. The lowest BCUT2D eigenvalue weighted by Gasteiger charge is -2.45. The van der Waals surface area contributed by atoms with Crippen molar-refractivity contribution >= 4 is 11.6 Å². The SMILES string of the molecule is CNC1C(C)C(O[C@@H]2C[C@@](C)(O)Cc3c(O)c4c(c(O)c32)C(=O)c2c(OC)cccc2C4=O)OC(C)C1O. The summed E-state index contributed by atoms with van der Waals surface area (Å²) >= 11 is 0. The van der Waals surface area contributed by atoms with Crippen LogP contribution in [0.5, 0.6) is 17.2 Å². The Morgan fingerprint density at radius 2 is 1.76 bits per heavy atom. The summed E-state index contributed by atoms with van der Waals surface area (Å²) in [5.74, 6) is -2.39. The lowest BCUT2D eigenvalue weighted by Crippen LogP contribution is -2.58. The Kier molecular flexibility index (Phi) is 6.52. The predicted molar refractivity (Wildman–Crippen MR) is 135 cm³/mol. The van der Waals surface area contributed by atoms with Crippen molar-refractivity contribution in [1.82, 2.24) is 5.32 Å². The van der Waals surface area contributed by atoms with Gasteiger partial charge in [0, 0.05) is 41.5 Å². The topological polar surface area (TPSA) is 155 Å². The van der Waals surface area contributed by atoms with Gasteiger partial charge in [0.1, 0.15) is 17.2 Å². The Hall–Kier alpha value is -3.02. The summed E-state index contributed by atoms with van der Waals surface area (Å²) in [4.78, 5) is 27.2. The van der Waals surface area contributed by atoms with Crippen LogP contribution in [0.15, 0.2) is 18.2 Å². The number of likely N-dealkylation sites (N-methyl/N-ethyl adjacent to an activating group) is 1. The van der Waals surface area contributed by atoms with E-state index in [-0.39, 0.29) is 63.9 Å². The average Bonchev–Trinajstić information content (AvgIpc) is 2.87. The zero-order valence-corrected chi connectivity index (χ0v) is 21.9. The molecule has 1 saturated heterocycles. The molecule has 0 bridgehead atoms. The smallest absolute Gasteiger partial charge is 0.202 e. The highest BCUT2D eigenvalue weighted by Crippen LogP contribution is 2.52. The second-order valence-corrected chi connectivity index (χ2v) is 10.8. The van der Waals surface area contributed by atoms with E-state index in [9.17, 15) is 30.0 Å². The van der Waals surface area contributed by atoms with Gasteiger partial charge < -0.3 is 40.0 Å². The van der Waals surface area contributed by atoms with Gasteiger partial charge in [0.15, 0.2) is 12.1 Å². The fraction of sp³-hybridized carbons (Fsp3) is 0.500. The molecule has 5 rings (SSSR count). The highest BCUT2D eigenvalue weighted by atomic mass is 16.7. The third-order valence-electron chi connectivity index (χ3n) is 8.09. The number of rotatable bonds is 4. The first-order chi connectivity index (χ1) is 17.9. The van der Waals surface area contributed by atoms with E-state index in [2.05, 4.69) is 5.32 Å². The summed E-state index contributed by atoms with van der Waals surface area (Å²) in [6, 6.07) is 4.23. The molecule has 10 heteroatoms. The van der Waals surface area contributed by atoms with Crippen LogP contribution in [0, 0.1) is 5.92 Å². The van der Waals surface area contributed by atoms with Crippen LogP contribution in [0.2, 0.25) is 0 Å². The molecule has 2 aromatic carbocycles. The number of fused-ring (bicyclic) bond motifs is 3. The van der Waals surface area contributed by atoms with Gasteiger partial charge >= 0.3 is 0 Å². The zero-order chi connectivity index (χ0) is 27.7. The predicted octanol–water partition coefficient (Wildman–Crippen LogP) is 1.97. The maximum atomic E-state index is 13.7. The standard InChI is InChI=1S/C28H33NO9/c1-11-21(29-4)22(30)12(2)37-27(11)38-16-10-28(3,35)9-14-18(16)26(34)20-19(24(14)32)23(31)13-7-6-8-15(36-5)17(13)25(20)33/h6-8,11-12,16,21-22,27,29-30,32,34-35H,9-10H2,1-5H3/t11?,12?,16-,21?,22?,27?,28+/m1/s1. The van der Waals surface area contributed by atoms with Crippen LogP contribution in [0.3, 0.4) is 0 Å². The number of aromatic hydroxyl groups is 2. The maximum Gasteiger partial charge on any atom is 0.202 e. The summed E-state index contributed by atoms with van der Waals surface area (Å²) in [6.07, 6.45) is -3.21. The van der Waals surface area contributed by atoms with Gasteiger partial charge in [0.05, 0.1) is 47.7 Å². The minimum absolute atomic E-state index is 0.00587. The summed E-state index contributed by atoms with van der Waals surface area (Å²) in [6.45, 7) is 5.14. The Labute approximate surface area is 220 Å². The number of nitrogens with one attached hydrogen (secondary N) is 1. The van der Waals surface area contributed by atoms with Gasteiger partial charge in [-0.15, -0.1) is 0 Å². The van der Waals surface area contributed by atoms with Crippen molar-refractivity contribution in [3.63, 3.8) is 0 Å². The number of benzene rings is 2. The number of hydrogen-bond acceptors (Lipinski definition) is 10. The number of hydrogen-bond donors (Lipinski definition) is 5. The lowest BCUT2D eigenvalue weighted by molar-refractivity contribution is -0.271. The lowest BCUT2D eigenvalue weighted by atomic mass is 9.73. The number of carbonyl (C=O) groups is 2. The van der Waals surface area contributed by atoms with Gasteiger partial charge in [-0.25, -0.2) is 0 Å². The molecule has 38 heavy (non-hydrogen) atoms. The van der Waals surface area contributed by atoms with Crippen LogP contribution in [-0.4, -0.2) is 76.3 Å². The summed E-state index contributed by atoms with van der Waals surface area (Å²) < 4.78 is 17.6. The molecule has 10 nitrogen and oxygen atoms in total. The first-order valence-corrected chi connectivity index (χ1v) is 12.7. The monoisotopic (exact) mass is 527 g/mol. The first-order valence-electron chi connectivity index (χ1n) is 12.7. The van der Waals surface area contributed by atoms with Gasteiger partial charge in [-0.2, -0.15) is 0 Å². The van der Waals surface area contributed by atoms with Gasteiger partial charge in [0.25, 0.3) is 0 Å². The molecule has 0 aromatic heterocycles. The van der Waals surface area contributed by atoms with Crippen LogP contribution in [-0.2, 0) is 15.9 Å². The molecule has 3 aliphatic rings. The van der Waals surface area contributed by atoms with Gasteiger partial charge in [-0.05, 0) is 27.0 Å². The molecule has 5 unspecified atom stereocenters. The number of aliphatic hydroxyl groups is 2. The van der Waals surface area contributed by atoms with Crippen LogP contribution >= 0.6 is 0 Å². The summed E-state index contributed by atoms with van der Waals surface area (Å²) in [5.41, 5.74) is -1.66. The number of phenolic OH excluding ortho intramolecular Hbond substituents is 2. The minimum Gasteiger partial charge on any atom is -0.507 e. The van der Waals surface area contributed by atoms with Crippen molar-refractivity contribution in [2.75, 3.05) is 14.2 Å². The normalized spacial score (nSPS) is 32.4. The molecule has 0 saturated carbocycles. The van der Waals surface area contributed by atoms with Crippen molar-refractivity contribution in [1.29, 1.82) is 0 Å². The molecule has 5 N–H and O–H groups in total. The number of carbonyl (C=O) groups excluding carboxylic acids is 2. The molecule has 0 amide bonds. The van der Waals surface area contributed by atoms with Crippen molar-refractivity contribution in [3.8, 4) is 17.2 Å². The van der Waals surface area contributed by atoms with E-state index in [4.69, 9.17) is 14.2 Å². The van der Waals surface area contributed by atoms with Gasteiger partial charge in [-0.3, -0.25) is 9.59 Å². The molecule has 7 atom stereocenters. The molecule has 2 aromatic rings. The largest absolute Gasteiger partial charge is 0.507 e. The first kappa shape index (κ1) is 26.6. The van der Waals surface area contributed by atoms with Crippen molar-refractivity contribution in [2.45, 2.75) is 69.9 Å². The Morgan fingerprint density at radius 1 is 1.08 bits per heavy atom. The van der Waals surface area contributed by atoms with E-state index in [0.29, 0.717) is 0 Å². The van der Waals surface area contributed by atoms with Crippen molar-refractivity contribution in [2.24, 2.45) is 5.92 Å². The fourth-order valence-corrected chi connectivity index (χ4v) is 6.16.